The molecule has 1 aromatic heterocycles. The smallest absolute Gasteiger partial charge is 0.292 e. The van der Waals surface area contributed by atoms with E-state index in [0.717, 1.165) is 18.4 Å². The summed E-state index contributed by atoms with van der Waals surface area (Å²) in [4.78, 5) is 13.7. The molecule has 5 heteroatoms. The number of piperidine rings is 1. The quantitative estimate of drug-likeness (QED) is 0.733. The minimum atomic E-state index is -0.0723. The summed E-state index contributed by atoms with van der Waals surface area (Å²) in [5, 5.41) is 3.61. The van der Waals surface area contributed by atoms with E-state index in [1.165, 1.54) is 0 Å². The van der Waals surface area contributed by atoms with Crippen LogP contribution in [0.3, 0.4) is 0 Å². The molecular weight excluding hydrogens is 194 g/mol. The number of carbonyl (C=O) groups is 1. The first-order chi connectivity index (χ1) is 7.18. The summed E-state index contributed by atoms with van der Waals surface area (Å²) in [6.45, 7) is 3.24. The average Bonchev–Trinajstić information content (AvgIpc) is 2.65. The van der Waals surface area contributed by atoms with Crippen molar-refractivity contribution in [3.8, 4) is 0 Å². The number of carbonyl (C=O) groups excluding carboxylic acids is 1. The second-order valence-corrected chi connectivity index (χ2v) is 3.97. The number of hydrogen-bond acceptors (Lipinski definition) is 4. The highest BCUT2D eigenvalue weighted by Gasteiger charge is 2.25. The number of likely N-dealkylation sites (tertiary alicyclic amines) is 1. The van der Waals surface area contributed by atoms with Crippen LogP contribution in [0.5, 0.6) is 0 Å². The van der Waals surface area contributed by atoms with Crippen LogP contribution >= 0.6 is 0 Å². The summed E-state index contributed by atoms with van der Waals surface area (Å²) in [5.41, 5.74) is 6.56. The fraction of sp³-hybridized carbons (Fsp3) is 0.600. The highest BCUT2D eigenvalue weighted by molar-refractivity contribution is 5.92. The molecule has 1 fully saturated rings. The standard InChI is InChI=1S/C10H15N3O2/c1-7-6-12-15-9(7)10(14)13-4-2-8(11)3-5-13/h6,8H,2-5,11H2,1H3. The molecule has 0 atom stereocenters. The molecule has 2 N–H and O–H groups in total. The highest BCUT2D eigenvalue weighted by Crippen LogP contribution is 2.14. The molecular formula is C10H15N3O2. The first-order valence-electron chi connectivity index (χ1n) is 5.14. The third-order valence-corrected chi connectivity index (χ3v) is 2.77. The summed E-state index contributed by atoms with van der Waals surface area (Å²) in [5.74, 6) is 0.280. The minimum absolute atomic E-state index is 0.0723. The lowest BCUT2D eigenvalue weighted by Gasteiger charge is -2.29. The van der Waals surface area contributed by atoms with Crippen LogP contribution in [-0.2, 0) is 0 Å². The third-order valence-electron chi connectivity index (χ3n) is 2.77. The van der Waals surface area contributed by atoms with Crippen LogP contribution in [-0.4, -0.2) is 35.1 Å². The number of nitrogens with zero attached hydrogens (tertiary/aromatic N) is 2. The van der Waals surface area contributed by atoms with E-state index in [0.29, 0.717) is 18.8 Å². The first kappa shape index (κ1) is 10.2. The second kappa shape index (κ2) is 4.02. The van der Waals surface area contributed by atoms with Crippen molar-refractivity contribution in [3.63, 3.8) is 0 Å². The molecule has 1 aromatic rings. The largest absolute Gasteiger partial charge is 0.351 e. The fourth-order valence-electron chi connectivity index (χ4n) is 1.74. The lowest BCUT2D eigenvalue weighted by Crippen LogP contribution is -2.42. The molecule has 15 heavy (non-hydrogen) atoms. The Labute approximate surface area is 88.2 Å². The van der Waals surface area contributed by atoms with Crippen LogP contribution in [0.15, 0.2) is 10.7 Å². The molecule has 2 heterocycles. The molecule has 0 aromatic carbocycles. The monoisotopic (exact) mass is 209 g/mol. The van der Waals surface area contributed by atoms with E-state index in [2.05, 4.69) is 5.16 Å². The second-order valence-electron chi connectivity index (χ2n) is 3.97. The molecule has 0 aliphatic carbocycles. The topological polar surface area (TPSA) is 72.4 Å². The molecule has 0 saturated carbocycles. The predicted molar refractivity (Wildman–Crippen MR) is 54.4 cm³/mol. The number of aryl methyl sites for hydroxylation is 1. The highest BCUT2D eigenvalue weighted by atomic mass is 16.5. The Balaban J connectivity index is 2.06. The van der Waals surface area contributed by atoms with Gasteiger partial charge < -0.3 is 15.2 Å². The number of rotatable bonds is 1. The molecule has 1 saturated heterocycles. The maximum Gasteiger partial charge on any atom is 0.292 e. The summed E-state index contributed by atoms with van der Waals surface area (Å²) >= 11 is 0. The maximum atomic E-state index is 11.9. The van der Waals surface area contributed by atoms with Gasteiger partial charge in [0.2, 0.25) is 5.76 Å². The Hall–Kier alpha value is -1.36. The van der Waals surface area contributed by atoms with Gasteiger partial charge in [-0.2, -0.15) is 0 Å². The predicted octanol–water partition coefficient (Wildman–Crippen LogP) is 0.546. The Bertz CT molecular complexity index is 353. The zero-order chi connectivity index (χ0) is 10.8. The summed E-state index contributed by atoms with van der Waals surface area (Å²) in [7, 11) is 0. The Morgan fingerprint density at radius 3 is 2.80 bits per heavy atom. The SMILES string of the molecule is Cc1cnoc1C(=O)N1CCC(N)CC1. The van der Waals surface area contributed by atoms with E-state index in [9.17, 15) is 4.79 Å². The van der Waals surface area contributed by atoms with Gasteiger partial charge >= 0.3 is 0 Å². The van der Waals surface area contributed by atoms with E-state index in [4.69, 9.17) is 10.3 Å². The van der Waals surface area contributed by atoms with Crippen LogP contribution in [0.2, 0.25) is 0 Å². The van der Waals surface area contributed by atoms with Crippen LogP contribution < -0.4 is 5.73 Å². The number of amides is 1. The Morgan fingerprint density at radius 1 is 1.60 bits per heavy atom. The summed E-state index contributed by atoms with van der Waals surface area (Å²) < 4.78 is 4.93. The van der Waals surface area contributed by atoms with Crippen LogP contribution in [0.1, 0.15) is 29.0 Å². The number of nitrogens with two attached hydrogens (primary N) is 1. The van der Waals surface area contributed by atoms with Gasteiger partial charge in [0.15, 0.2) is 0 Å². The average molecular weight is 209 g/mol. The Morgan fingerprint density at radius 2 is 2.27 bits per heavy atom. The molecule has 82 valence electrons. The fourth-order valence-corrected chi connectivity index (χ4v) is 1.74. The Kier molecular flexibility index (Phi) is 2.73. The van der Waals surface area contributed by atoms with Gasteiger partial charge in [0.1, 0.15) is 0 Å². The molecule has 2 rings (SSSR count). The van der Waals surface area contributed by atoms with Gasteiger partial charge in [-0.25, -0.2) is 0 Å². The van der Waals surface area contributed by atoms with Crippen molar-refractivity contribution >= 4 is 5.91 Å². The van der Waals surface area contributed by atoms with E-state index in [1.807, 2.05) is 6.92 Å². The zero-order valence-electron chi connectivity index (χ0n) is 8.77. The van der Waals surface area contributed by atoms with Crippen LogP contribution in [0, 0.1) is 6.92 Å². The van der Waals surface area contributed by atoms with E-state index < -0.39 is 0 Å². The molecule has 0 spiro atoms. The molecule has 0 bridgehead atoms. The van der Waals surface area contributed by atoms with Crippen molar-refractivity contribution in [2.24, 2.45) is 5.73 Å². The van der Waals surface area contributed by atoms with Crippen molar-refractivity contribution in [2.75, 3.05) is 13.1 Å². The molecule has 1 aliphatic heterocycles. The van der Waals surface area contributed by atoms with Crippen molar-refractivity contribution < 1.29 is 9.32 Å². The van der Waals surface area contributed by atoms with Crippen molar-refractivity contribution in [2.45, 2.75) is 25.8 Å². The first-order valence-corrected chi connectivity index (χ1v) is 5.14. The molecule has 5 nitrogen and oxygen atoms in total. The van der Waals surface area contributed by atoms with Gasteiger partial charge in [-0.05, 0) is 19.8 Å². The van der Waals surface area contributed by atoms with Gasteiger partial charge in [0.05, 0.1) is 6.20 Å². The third kappa shape index (κ3) is 2.02. The van der Waals surface area contributed by atoms with Gasteiger partial charge in [-0.3, -0.25) is 4.79 Å². The van der Waals surface area contributed by atoms with Crippen molar-refractivity contribution in [1.29, 1.82) is 0 Å². The van der Waals surface area contributed by atoms with Crippen LogP contribution in [0.4, 0.5) is 0 Å². The summed E-state index contributed by atoms with van der Waals surface area (Å²) in [6.07, 6.45) is 3.28. The number of aromatic nitrogens is 1. The van der Waals surface area contributed by atoms with Gasteiger partial charge in [-0.1, -0.05) is 5.16 Å². The van der Waals surface area contributed by atoms with E-state index in [1.54, 1.807) is 11.1 Å². The molecule has 0 radical (unpaired) electrons. The van der Waals surface area contributed by atoms with E-state index >= 15 is 0 Å². The van der Waals surface area contributed by atoms with Crippen molar-refractivity contribution in [3.05, 3.63) is 17.5 Å². The minimum Gasteiger partial charge on any atom is -0.351 e. The van der Waals surface area contributed by atoms with Gasteiger partial charge in [-0.15, -0.1) is 0 Å². The zero-order valence-corrected chi connectivity index (χ0v) is 8.77. The normalized spacial score (nSPS) is 18.1. The van der Waals surface area contributed by atoms with Gasteiger partial charge in [0, 0.05) is 24.7 Å². The number of hydrogen-bond donors (Lipinski definition) is 1. The lowest BCUT2D eigenvalue weighted by atomic mass is 10.1. The van der Waals surface area contributed by atoms with E-state index in [-0.39, 0.29) is 11.9 Å². The molecule has 1 aliphatic rings. The maximum absolute atomic E-state index is 11.9. The van der Waals surface area contributed by atoms with Gasteiger partial charge in [0.25, 0.3) is 5.91 Å². The van der Waals surface area contributed by atoms with Crippen molar-refractivity contribution in [1.82, 2.24) is 10.1 Å². The molecule has 0 unspecified atom stereocenters. The molecule has 1 amide bonds. The summed E-state index contributed by atoms with van der Waals surface area (Å²) in [6, 6.07) is 0.227. The lowest BCUT2D eigenvalue weighted by molar-refractivity contribution is 0.0671. The van der Waals surface area contributed by atoms with Crippen LogP contribution in [0.25, 0.3) is 0 Å².